The molecule has 0 unspecified atom stereocenters. The summed E-state index contributed by atoms with van der Waals surface area (Å²) in [5.41, 5.74) is 1.73. The summed E-state index contributed by atoms with van der Waals surface area (Å²) >= 11 is 1.67. The Morgan fingerprint density at radius 2 is 2.25 bits per heavy atom. The van der Waals surface area contributed by atoms with E-state index in [0.29, 0.717) is 6.54 Å². The van der Waals surface area contributed by atoms with E-state index >= 15 is 0 Å². The molecule has 0 atom stereocenters. The van der Waals surface area contributed by atoms with Crippen molar-refractivity contribution in [3.8, 4) is 0 Å². The maximum absolute atomic E-state index is 8.22. The Kier molecular flexibility index (Phi) is 2.82. The Labute approximate surface area is 104 Å². The molecular formula is C13H18N2S. The number of H-pyrrole nitrogens is 1. The maximum atomic E-state index is 8.22. The van der Waals surface area contributed by atoms with Crippen LogP contribution in [0.5, 0.6) is 0 Å². The number of thioether (sulfide) groups is 1. The largest absolute Gasteiger partial charge is 0.361 e. The van der Waals surface area contributed by atoms with E-state index in [2.05, 4.69) is 17.1 Å². The molecule has 16 heavy (non-hydrogen) atoms. The molecule has 0 saturated heterocycles. The summed E-state index contributed by atoms with van der Waals surface area (Å²) in [7, 11) is 3.78. The number of hydrogen-bond donors (Lipinski definition) is 1. The van der Waals surface area contributed by atoms with Crippen molar-refractivity contribution in [2.75, 3.05) is 26.9 Å². The second-order valence-corrected chi connectivity index (χ2v) is 4.91. The molecule has 1 aromatic heterocycles. The summed E-state index contributed by atoms with van der Waals surface area (Å²) in [6.07, 6.45) is 2.47. The smallest absolute Gasteiger partial charge is 0.0457 e. The highest BCUT2D eigenvalue weighted by Crippen LogP contribution is 2.24. The van der Waals surface area contributed by atoms with E-state index in [9.17, 15) is 0 Å². The summed E-state index contributed by atoms with van der Waals surface area (Å²) in [4.78, 5) is 6.18. The van der Waals surface area contributed by atoms with Crippen LogP contribution in [-0.2, 0) is 6.37 Å². The van der Waals surface area contributed by atoms with Gasteiger partial charge in [-0.15, -0.1) is 11.8 Å². The molecule has 1 heterocycles. The third-order valence-electron chi connectivity index (χ3n) is 2.47. The van der Waals surface area contributed by atoms with Crippen molar-refractivity contribution in [1.82, 2.24) is 9.88 Å². The van der Waals surface area contributed by atoms with Crippen LogP contribution in [0, 0.1) is 0 Å². The van der Waals surface area contributed by atoms with Gasteiger partial charge in [-0.2, -0.15) is 0 Å². The number of aromatic amines is 1. The summed E-state index contributed by atoms with van der Waals surface area (Å²) in [5.74, 6) is 0. The van der Waals surface area contributed by atoms with Gasteiger partial charge in [-0.05, 0) is 50.5 Å². The molecule has 0 aliphatic carbocycles. The van der Waals surface area contributed by atoms with E-state index < -0.39 is 6.37 Å². The van der Waals surface area contributed by atoms with E-state index in [1.807, 2.05) is 31.3 Å². The fourth-order valence-electron chi connectivity index (χ4n) is 1.62. The van der Waals surface area contributed by atoms with Gasteiger partial charge in [0.15, 0.2) is 0 Å². The third-order valence-corrected chi connectivity index (χ3v) is 3.20. The van der Waals surface area contributed by atoms with E-state index in [4.69, 9.17) is 2.74 Å². The van der Waals surface area contributed by atoms with Crippen LogP contribution in [-0.4, -0.2) is 36.8 Å². The number of benzene rings is 1. The lowest BCUT2D eigenvalue weighted by Crippen LogP contribution is -2.14. The third kappa shape index (κ3) is 2.42. The van der Waals surface area contributed by atoms with Gasteiger partial charge in [0, 0.05) is 31.3 Å². The second kappa shape index (κ2) is 4.93. The lowest BCUT2D eigenvalue weighted by Gasteiger charge is -2.08. The van der Waals surface area contributed by atoms with Gasteiger partial charge < -0.3 is 9.88 Å². The van der Waals surface area contributed by atoms with Crippen LogP contribution < -0.4 is 0 Å². The molecule has 0 fully saturated rings. The fourth-order valence-corrected chi connectivity index (χ4v) is 2.06. The predicted molar refractivity (Wildman–Crippen MR) is 72.3 cm³/mol. The Morgan fingerprint density at radius 3 is 2.94 bits per heavy atom. The van der Waals surface area contributed by atoms with Gasteiger partial charge >= 0.3 is 0 Å². The van der Waals surface area contributed by atoms with Gasteiger partial charge in [0.1, 0.15) is 0 Å². The highest BCUT2D eigenvalue weighted by molar-refractivity contribution is 7.98. The van der Waals surface area contributed by atoms with Crippen LogP contribution in [0.4, 0.5) is 0 Å². The molecular weight excluding hydrogens is 216 g/mol. The highest BCUT2D eigenvalue weighted by atomic mass is 32.2. The molecule has 0 spiro atoms. The monoisotopic (exact) mass is 236 g/mol. The molecule has 0 amide bonds. The van der Waals surface area contributed by atoms with Crippen molar-refractivity contribution in [3.63, 3.8) is 0 Å². The molecule has 1 N–H and O–H groups in total. The zero-order valence-corrected chi connectivity index (χ0v) is 10.7. The van der Waals surface area contributed by atoms with Crippen LogP contribution in [0.2, 0.25) is 0 Å². The van der Waals surface area contributed by atoms with Gasteiger partial charge in [0.2, 0.25) is 0 Å². The molecule has 2 aromatic rings. The summed E-state index contributed by atoms with van der Waals surface area (Å²) in [5, 5.41) is 0.980. The first-order chi connectivity index (χ1) is 8.44. The first kappa shape index (κ1) is 9.14. The lowest BCUT2D eigenvalue weighted by atomic mass is 10.1. The summed E-state index contributed by atoms with van der Waals surface area (Å²) in [6.45, 7) is 0.378. The van der Waals surface area contributed by atoms with Crippen molar-refractivity contribution in [2.24, 2.45) is 0 Å². The summed E-state index contributed by atoms with van der Waals surface area (Å²) in [6, 6.07) is 6.12. The number of hydrogen-bond acceptors (Lipinski definition) is 2. The Bertz CT molecular complexity index is 549. The molecule has 2 rings (SSSR count). The van der Waals surface area contributed by atoms with Gasteiger partial charge in [-0.3, -0.25) is 0 Å². The van der Waals surface area contributed by atoms with Crippen LogP contribution >= 0.6 is 11.8 Å². The molecule has 0 aliphatic rings. The number of fused-ring (bicyclic) bond motifs is 1. The Morgan fingerprint density at radius 1 is 1.44 bits per heavy atom. The van der Waals surface area contributed by atoms with E-state index in [1.54, 1.807) is 18.0 Å². The van der Waals surface area contributed by atoms with Crippen molar-refractivity contribution >= 4 is 22.7 Å². The molecule has 0 bridgehead atoms. The predicted octanol–water partition coefficient (Wildman–Crippen LogP) is 2.99. The first-order valence-electron chi connectivity index (χ1n) is 6.24. The SMILES string of the molecule is [2H]C([2H])(CN(C)C)c1c[nH]c2ccc(SC)cc12. The number of nitrogens with one attached hydrogen (secondary N) is 1. The van der Waals surface area contributed by atoms with Crippen LogP contribution in [0.25, 0.3) is 10.9 Å². The van der Waals surface area contributed by atoms with Crippen LogP contribution in [0.3, 0.4) is 0 Å². The first-order valence-corrected chi connectivity index (χ1v) is 6.47. The molecule has 0 saturated carbocycles. The number of likely N-dealkylation sites (N-methyl/N-ethyl adjacent to an activating group) is 1. The van der Waals surface area contributed by atoms with Gasteiger partial charge in [-0.25, -0.2) is 0 Å². The van der Waals surface area contributed by atoms with Gasteiger partial charge in [0.05, 0.1) is 0 Å². The topological polar surface area (TPSA) is 19.0 Å². The molecule has 0 radical (unpaired) electrons. The average molecular weight is 236 g/mol. The molecule has 86 valence electrons. The quantitative estimate of drug-likeness (QED) is 0.823. The van der Waals surface area contributed by atoms with Crippen LogP contribution in [0.1, 0.15) is 8.30 Å². The minimum atomic E-state index is -1.35. The maximum Gasteiger partial charge on any atom is 0.0457 e. The molecule has 2 nitrogen and oxygen atoms in total. The number of aromatic nitrogens is 1. The van der Waals surface area contributed by atoms with Crippen molar-refractivity contribution < 1.29 is 2.74 Å². The van der Waals surface area contributed by atoms with Gasteiger partial charge in [0.25, 0.3) is 0 Å². The zero-order valence-electron chi connectivity index (χ0n) is 11.9. The highest BCUT2D eigenvalue weighted by Gasteiger charge is 2.04. The van der Waals surface area contributed by atoms with E-state index in [-0.39, 0.29) is 0 Å². The number of rotatable bonds is 4. The van der Waals surface area contributed by atoms with E-state index in [0.717, 1.165) is 21.4 Å². The van der Waals surface area contributed by atoms with E-state index in [1.165, 1.54) is 0 Å². The number of nitrogens with zero attached hydrogens (tertiary/aromatic N) is 1. The fraction of sp³-hybridized carbons (Fsp3) is 0.385. The van der Waals surface area contributed by atoms with Crippen LogP contribution in [0.15, 0.2) is 29.3 Å². The normalized spacial score (nSPS) is 14.2. The van der Waals surface area contributed by atoms with Gasteiger partial charge in [-0.1, -0.05) is 0 Å². The second-order valence-electron chi connectivity index (χ2n) is 4.03. The average Bonchev–Trinajstić information content (AvgIpc) is 2.70. The Hall–Kier alpha value is -0.930. The molecule has 0 aliphatic heterocycles. The summed E-state index contributed by atoms with van der Waals surface area (Å²) < 4.78 is 16.4. The molecule has 3 heteroatoms. The minimum absolute atomic E-state index is 0.378. The van der Waals surface area contributed by atoms with Crippen molar-refractivity contribution in [1.29, 1.82) is 0 Å². The minimum Gasteiger partial charge on any atom is -0.361 e. The zero-order chi connectivity index (χ0) is 13.3. The lowest BCUT2D eigenvalue weighted by molar-refractivity contribution is 0.414. The van der Waals surface area contributed by atoms with Crippen molar-refractivity contribution in [3.05, 3.63) is 30.0 Å². The Balaban J connectivity index is 2.50. The van der Waals surface area contributed by atoms with Crippen molar-refractivity contribution in [2.45, 2.75) is 11.3 Å². The molecule has 1 aromatic carbocycles. The standard InChI is InChI=1S/C13H18N2S/c1-15(2)7-6-10-9-14-13-5-4-11(16-3)8-12(10)13/h4-5,8-9,14H,6-7H2,1-3H3/i6D2.